The Morgan fingerprint density at radius 1 is 0.500 bits per heavy atom. The van der Waals surface area contributed by atoms with Crippen molar-refractivity contribution in [3.8, 4) is 0 Å². The summed E-state index contributed by atoms with van der Waals surface area (Å²) in [6.07, 6.45) is 22.3. The number of rotatable bonds is 24. The first-order valence-corrected chi connectivity index (χ1v) is 14.8. The van der Waals surface area contributed by atoms with Crippen molar-refractivity contribution < 1.29 is 18.6 Å². The van der Waals surface area contributed by atoms with Crippen molar-refractivity contribution in [3.05, 3.63) is 12.2 Å². The summed E-state index contributed by atoms with van der Waals surface area (Å²) in [4.78, 5) is 23.7. The van der Waals surface area contributed by atoms with Crippen LogP contribution < -0.4 is 10.6 Å². The Morgan fingerprint density at radius 2 is 0.833 bits per heavy atom. The summed E-state index contributed by atoms with van der Waals surface area (Å²) in [7, 11) is 13.1. The largest absolute Gasteiger partial charge is 0.356 e. The van der Waals surface area contributed by atoms with Gasteiger partial charge < -0.3 is 19.6 Å². The van der Waals surface area contributed by atoms with Crippen LogP contribution in [0.25, 0.3) is 0 Å². The number of amides is 2. The molecule has 0 unspecified atom stereocenters. The third-order valence-corrected chi connectivity index (χ3v) is 6.37. The van der Waals surface area contributed by atoms with Gasteiger partial charge in [-0.2, -0.15) is 0 Å². The van der Waals surface area contributed by atoms with E-state index in [-0.39, 0.29) is 11.8 Å². The molecule has 0 heterocycles. The molecule has 0 aliphatic rings. The Bertz CT molecular complexity index is 526. The molecule has 6 nitrogen and oxygen atoms in total. The number of carbonyl (C=O) groups is 2. The zero-order chi connectivity index (χ0) is 27.1. The molecule has 2 amide bonds. The number of hydrogen-bond acceptors (Lipinski definition) is 2. The molecule has 0 saturated heterocycles. The average molecular weight is 511 g/mol. The smallest absolute Gasteiger partial charge is 0.219 e. The van der Waals surface area contributed by atoms with Crippen LogP contribution in [0, 0.1) is 0 Å². The van der Waals surface area contributed by atoms with Gasteiger partial charge >= 0.3 is 0 Å². The number of carbonyl (C=O) groups excluding carboxylic acids is 2. The molecule has 0 bridgehead atoms. The molecule has 36 heavy (non-hydrogen) atoms. The minimum absolute atomic E-state index is 0.214. The molecule has 0 rings (SSSR count). The summed E-state index contributed by atoms with van der Waals surface area (Å²) in [5.74, 6) is 0.429. The Kier molecular flexibility index (Phi) is 20.8. The highest BCUT2D eigenvalue weighted by Gasteiger charge is 2.08. The molecule has 0 aliphatic carbocycles. The number of nitrogens with zero attached hydrogens (tertiary/aromatic N) is 2. The van der Waals surface area contributed by atoms with Gasteiger partial charge in [0.25, 0.3) is 0 Å². The van der Waals surface area contributed by atoms with Crippen molar-refractivity contribution in [3.63, 3.8) is 0 Å². The van der Waals surface area contributed by atoms with Gasteiger partial charge in [0.1, 0.15) is 0 Å². The van der Waals surface area contributed by atoms with Crippen LogP contribution in [-0.2, 0) is 9.59 Å². The van der Waals surface area contributed by atoms with Crippen molar-refractivity contribution >= 4 is 11.8 Å². The normalized spacial score (nSPS) is 12.3. The van der Waals surface area contributed by atoms with Gasteiger partial charge in [0.2, 0.25) is 11.8 Å². The van der Waals surface area contributed by atoms with Gasteiger partial charge in [-0.3, -0.25) is 9.59 Å². The van der Waals surface area contributed by atoms with Crippen molar-refractivity contribution in [2.24, 2.45) is 0 Å². The van der Waals surface area contributed by atoms with Crippen LogP contribution in [0.15, 0.2) is 12.2 Å². The molecule has 6 heteroatoms. The van der Waals surface area contributed by atoms with Crippen LogP contribution in [0.5, 0.6) is 0 Å². The molecule has 2 N–H and O–H groups in total. The van der Waals surface area contributed by atoms with E-state index in [1.807, 2.05) is 0 Å². The van der Waals surface area contributed by atoms with E-state index in [2.05, 4.69) is 65.1 Å². The first-order valence-electron chi connectivity index (χ1n) is 14.8. The van der Waals surface area contributed by atoms with E-state index in [0.717, 1.165) is 73.7 Å². The quantitative estimate of drug-likeness (QED) is 0.103. The molecule has 0 radical (unpaired) electrons. The third kappa shape index (κ3) is 28.8. The highest BCUT2D eigenvalue weighted by Crippen LogP contribution is 2.10. The van der Waals surface area contributed by atoms with Crippen LogP contribution in [0.3, 0.4) is 0 Å². The van der Waals surface area contributed by atoms with E-state index < -0.39 is 0 Å². The average Bonchev–Trinajstić information content (AvgIpc) is 2.78. The second-order valence-corrected chi connectivity index (χ2v) is 12.5. The topological polar surface area (TPSA) is 58.2 Å². The third-order valence-electron chi connectivity index (χ3n) is 6.37. The lowest BCUT2D eigenvalue weighted by Gasteiger charge is -2.23. The van der Waals surface area contributed by atoms with Gasteiger partial charge in [-0.05, 0) is 38.5 Å². The summed E-state index contributed by atoms with van der Waals surface area (Å²) in [6.45, 7) is 3.79. The Morgan fingerprint density at radius 3 is 1.19 bits per heavy atom. The number of allylic oxidation sites excluding steroid dienone is 2. The molecule has 0 spiro atoms. The monoisotopic (exact) mass is 510 g/mol. The Hall–Kier alpha value is -1.40. The van der Waals surface area contributed by atoms with E-state index in [4.69, 9.17) is 0 Å². The van der Waals surface area contributed by atoms with Crippen molar-refractivity contribution in [2.45, 2.75) is 103 Å². The minimum Gasteiger partial charge on any atom is -0.356 e. The van der Waals surface area contributed by atoms with E-state index >= 15 is 0 Å². The van der Waals surface area contributed by atoms with Crippen LogP contribution in [0.2, 0.25) is 0 Å². The molecule has 0 atom stereocenters. The van der Waals surface area contributed by atoms with Gasteiger partial charge in [0.15, 0.2) is 0 Å². The number of unbranched alkanes of at least 4 members (excludes halogenated alkanes) is 10. The van der Waals surface area contributed by atoms with Gasteiger partial charge in [0.05, 0.1) is 55.4 Å². The number of nitrogens with one attached hydrogen (secondary N) is 2. The Balaban J connectivity index is 3.34. The maximum atomic E-state index is 11.9. The summed E-state index contributed by atoms with van der Waals surface area (Å²) in [5.41, 5.74) is 0. The lowest BCUT2D eigenvalue weighted by atomic mass is 10.1. The van der Waals surface area contributed by atoms with Gasteiger partial charge in [0, 0.05) is 38.8 Å². The maximum Gasteiger partial charge on any atom is 0.219 e. The molecular formula is C30H62N4O2+2. The van der Waals surface area contributed by atoms with Crippen LogP contribution in [-0.4, -0.2) is 89.2 Å². The highest BCUT2D eigenvalue weighted by molar-refractivity contribution is 5.76. The maximum absolute atomic E-state index is 11.9. The first-order chi connectivity index (χ1) is 17.0. The van der Waals surface area contributed by atoms with Crippen molar-refractivity contribution in [2.75, 3.05) is 68.5 Å². The SMILES string of the molecule is C[N+](C)(C)CCCNC(=O)CCCCCCC/C=C/CCCCCCCC(=O)NCCC[N+](C)(C)C. The van der Waals surface area contributed by atoms with Crippen molar-refractivity contribution in [1.82, 2.24) is 10.6 Å². The minimum atomic E-state index is 0.214. The van der Waals surface area contributed by atoms with E-state index in [0.29, 0.717) is 12.8 Å². The lowest BCUT2D eigenvalue weighted by molar-refractivity contribution is -0.870. The van der Waals surface area contributed by atoms with E-state index in [1.165, 1.54) is 51.4 Å². The number of hydrogen-bond donors (Lipinski definition) is 2. The standard InChI is InChI=1S/C30H60N4O2/c1-33(2,3)27-21-25-31-29(35)23-19-17-15-13-11-9-7-8-10-12-14-16-18-20-24-30(36)32-26-22-28-34(4,5)6/h7-8H,9-28H2,1-6H3/p+2/b8-7+. The summed E-state index contributed by atoms with van der Waals surface area (Å²) in [6, 6.07) is 0. The molecule has 0 saturated carbocycles. The fourth-order valence-corrected chi connectivity index (χ4v) is 4.13. The summed E-state index contributed by atoms with van der Waals surface area (Å²) < 4.78 is 1.90. The fourth-order valence-electron chi connectivity index (χ4n) is 4.13. The van der Waals surface area contributed by atoms with E-state index in [1.54, 1.807) is 0 Å². The predicted molar refractivity (Wildman–Crippen MR) is 155 cm³/mol. The van der Waals surface area contributed by atoms with Crippen LogP contribution >= 0.6 is 0 Å². The van der Waals surface area contributed by atoms with E-state index in [9.17, 15) is 9.59 Å². The zero-order valence-corrected chi connectivity index (χ0v) is 25.0. The van der Waals surface area contributed by atoms with Crippen molar-refractivity contribution in [1.29, 1.82) is 0 Å². The number of quaternary nitrogens is 2. The van der Waals surface area contributed by atoms with Gasteiger partial charge in [-0.15, -0.1) is 0 Å². The molecule has 0 aromatic carbocycles. The van der Waals surface area contributed by atoms with Gasteiger partial charge in [-0.25, -0.2) is 0 Å². The molecular weight excluding hydrogens is 448 g/mol. The second kappa shape index (κ2) is 21.7. The second-order valence-electron chi connectivity index (χ2n) is 12.5. The highest BCUT2D eigenvalue weighted by atomic mass is 16.2. The van der Waals surface area contributed by atoms with Crippen LogP contribution in [0.1, 0.15) is 103 Å². The molecule has 0 fully saturated rings. The molecule has 212 valence electrons. The lowest BCUT2D eigenvalue weighted by Crippen LogP contribution is -2.37. The van der Waals surface area contributed by atoms with Gasteiger partial charge in [-0.1, -0.05) is 50.7 Å². The first kappa shape index (κ1) is 34.6. The fraction of sp³-hybridized carbons (Fsp3) is 0.867. The Labute approximate surface area is 224 Å². The molecule has 0 aliphatic heterocycles. The zero-order valence-electron chi connectivity index (χ0n) is 25.0. The molecule has 0 aromatic rings. The molecule has 0 aromatic heterocycles. The summed E-state index contributed by atoms with van der Waals surface area (Å²) >= 11 is 0. The summed E-state index contributed by atoms with van der Waals surface area (Å²) in [5, 5.41) is 6.09. The predicted octanol–water partition coefficient (Wildman–Crippen LogP) is 5.43. The van der Waals surface area contributed by atoms with Crippen LogP contribution in [0.4, 0.5) is 0 Å².